The topological polar surface area (TPSA) is 55.6 Å². The van der Waals surface area contributed by atoms with Crippen molar-refractivity contribution in [2.75, 3.05) is 38.8 Å². The third-order valence-electron chi connectivity index (χ3n) is 2.07. The lowest BCUT2D eigenvalue weighted by atomic mass is 10.3. The van der Waals surface area contributed by atoms with E-state index in [0.29, 0.717) is 37.5 Å². The first kappa shape index (κ1) is 15.7. The van der Waals surface area contributed by atoms with Crippen LogP contribution in [0.15, 0.2) is 0 Å². The summed E-state index contributed by atoms with van der Waals surface area (Å²) in [6, 6.07) is 0. The van der Waals surface area contributed by atoms with Crippen LogP contribution in [-0.2, 0) is 9.53 Å². The Hall–Kier alpha value is -0.330. The van der Waals surface area contributed by atoms with Gasteiger partial charge < -0.3 is 15.4 Å². The number of carbonyl (C=O) groups excluding carboxylic acids is 1. The highest BCUT2D eigenvalue weighted by atomic mass is 32.2. The van der Waals surface area contributed by atoms with E-state index in [0.717, 1.165) is 5.75 Å². The van der Waals surface area contributed by atoms with Crippen LogP contribution in [0.5, 0.6) is 0 Å². The Bertz CT molecular complexity index is 225. The van der Waals surface area contributed by atoms with Crippen LogP contribution in [-0.4, -0.2) is 54.6 Å². The molecule has 0 atom stereocenters. The van der Waals surface area contributed by atoms with Crippen LogP contribution in [0.2, 0.25) is 0 Å². The summed E-state index contributed by atoms with van der Waals surface area (Å²) in [5.41, 5.74) is 5.43. The molecule has 94 valence electrons. The largest absolute Gasteiger partial charge is 0.393 e. The maximum atomic E-state index is 11.8. The highest BCUT2D eigenvalue weighted by Gasteiger charge is 2.12. The fourth-order valence-electron chi connectivity index (χ4n) is 1.16. The maximum absolute atomic E-state index is 11.8. The molecule has 0 fully saturated rings. The van der Waals surface area contributed by atoms with Gasteiger partial charge in [-0.3, -0.25) is 4.79 Å². The van der Waals surface area contributed by atoms with Gasteiger partial charge in [0.1, 0.15) is 0 Å². The van der Waals surface area contributed by atoms with Gasteiger partial charge in [0.2, 0.25) is 5.91 Å². The highest BCUT2D eigenvalue weighted by molar-refractivity contribution is 7.98. The van der Waals surface area contributed by atoms with Gasteiger partial charge in [0.05, 0.1) is 11.6 Å². The van der Waals surface area contributed by atoms with Crippen molar-refractivity contribution < 1.29 is 9.53 Å². The summed E-state index contributed by atoms with van der Waals surface area (Å²) >= 11 is 6.47. The summed E-state index contributed by atoms with van der Waals surface area (Å²) in [4.78, 5) is 14.0. The van der Waals surface area contributed by atoms with Crippen molar-refractivity contribution in [3.8, 4) is 0 Å². The third kappa shape index (κ3) is 7.90. The number of hydrogen-bond acceptors (Lipinski definition) is 4. The number of amides is 1. The van der Waals surface area contributed by atoms with Gasteiger partial charge in [-0.25, -0.2) is 0 Å². The first-order valence-corrected chi connectivity index (χ1v) is 6.96. The smallest absolute Gasteiger partial charge is 0.223 e. The first-order valence-electron chi connectivity index (χ1n) is 5.15. The summed E-state index contributed by atoms with van der Waals surface area (Å²) in [6.45, 7) is 1.74. The van der Waals surface area contributed by atoms with Gasteiger partial charge in [-0.15, -0.1) is 0 Å². The number of carbonyl (C=O) groups is 1. The van der Waals surface area contributed by atoms with Gasteiger partial charge in [0.25, 0.3) is 0 Å². The quantitative estimate of drug-likeness (QED) is 0.627. The molecular weight excluding hydrogens is 244 g/mol. The van der Waals surface area contributed by atoms with E-state index in [1.165, 1.54) is 0 Å². The molecule has 0 aliphatic heterocycles. The molecule has 0 aromatic carbocycles. The molecule has 0 unspecified atom stereocenters. The Morgan fingerprint density at radius 1 is 1.44 bits per heavy atom. The minimum Gasteiger partial charge on any atom is -0.393 e. The van der Waals surface area contributed by atoms with Crippen LogP contribution in [0.3, 0.4) is 0 Å². The SMILES string of the molecule is COCCN(CCC(N)=S)C(=O)CCSC. The van der Waals surface area contributed by atoms with E-state index in [4.69, 9.17) is 22.7 Å². The Kier molecular flexibility index (Phi) is 9.66. The van der Waals surface area contributed by atoms with Crippen LogP contribution < -0.4 is 5.73 Å². The fraction of sp³-hybridized carbons (Fsp3) is 0.800. The molecule has 0 aromatic heterocycles. The van der Waals surface area contributed by atoms with Crippen molar-refractivity contribution in [3.05, 3.63) is 0 Å². The van der Waals surface area contributed by atoms with Gasteiger partial charge in [0.15, 0.2) is 0 Å². The molecule has 0 saturated carbocycles. The minimum absolute atomic E-state index is 0.141. The Morgan fingerprint density at radius 2 is 2.12 bits per heavy atom. The summed E-state index contributed by atoms with van der Waals surface area (Å²) in [5, 5.41) is 0. The Balaban J connectivity index is 4.06. The zero-order valence-corrected chi connectivity index (χ0v) is 11.5. The lowest BCUT2D eigenvalue weighted by Gasteiger charge is -2.22. The molecule has 0 radical (unpaired) electrons. The first-order chi connectivity index (χ1) is 7.61. The van der Waals surface area contributed by atoms with Crippen LogP contribution in [0.4, 0.5) is 0 Å². The van der Waals surface area contributed by atoms with Crippen molar-refractivity contribution in [1.82, 2.24) is 4.90 Å². The van der Waals surface area contributed by atoms with Gasteiger partial charge in [-0.2, -0.15) is 11.8 Å². The maximum Gasteiger partial charge on any atom is 0.223 e. The molecule has 0 rings (SSSR count). The molecule has 16 heavy (non-hydrogen) atoms. The number of nitrogens with two attached hydrogens (primary N) is 1. The molecule has 2 N–H and O–H groups in total. The molecule has 4 nitrogen and oxygen atoms in total. The molecule has 0 spiro atoms. The second kappa shape index (κ2) is 9.86. The summed E-state index contributed by atoms with van der Waals surface area (Å²) in [7, 11) is 1.62. The number of thiocarbonyl (C=S) groups is 1. The Labute approximate surface area is 107 Å². The fourth-order valence-corrected chi connectivity index (χ4v) is 1.63. The highest BCUT2D eigenvalue weighted by Crippen LogP contribution is 2.02. The van der Waals surface area contributed by atoms with Gasteiger partial charge in [0, 0.05) is 38.8 Å². The van der Waals surface area contributed by atoms with E-state index in [2.05, 4.69) is 0 Å². The zero-order valence-electron chi connectivity index (χ0n) is 9.90. The molecule has 0 saturated heterocycles. The lowest BCUT2D eigenvalue weighted by molar-refractivity contribution is -0.131. The summed E-state index contributed by atoms with van der Waals surface area (Å²) < 4.78 is 4.97. The molecule has 0 aromatic rings. The third-order valence-corrected chi connectivity index (χ3v) is 2.88. The monoisotopic (exact) mass is 264 g/mol. The molecule has 0 heterocycles. The van der Waals surface area contributed by atoms with Crippen molar-refractivity contribution in [2.45, 2.75) is 12.8 Å². The second-order valence-electron chi connectivity index (χ2n) is 3.33. The second-order valence-corrected chi connectivity index (χ2v) is 4.84. The average Bonchev–Trinajstić information content (AvgIpc) is 2.25. The zero-order chi connectivity index (χ0) is 12.4. The van der Waals surface area contributed by atoms with Crippen molar-refractivity contribution >= 4 is 34.9 Å². The molecule has 1 amide bonds. The molecule has 0 aliphatic carbocycles. The number of ether oxygens (including phenoxy) is 1. The van der Waals surface area contributed by atoms with Gasteiger partial charge in [-0.05, 0) is 6.26 Å². The number of thioether (sulfide) groups is 1. The van der Waals surface area contributed by atoms with E-state index in [1.807, 2.05) is 6.26 Å². The minimum atomic E-state index is 0.141. The molecule has 0 bridgehead atoms. The predicted molar refractivity (Wildman–Crippen MR) is 72.9 cm³/mol. The van der Waals surface area contributed by atoms with Crippen molar-refractivity contribution in [1.29, 1.82) is 0 Å². The van der Waals surface area contributed by atoms with Crippen LogP contribution in [0.1, 0.15) is 12.8 Å². The molecular formula is C10H20N2O2S2. The van der Waals surface area contributed by atoms with E-state index >= 15 is 0 Å². The molecule has 0 aliphatic rings. The van der Waals surface area contributed by atoms with Crippen LogP contribution in [0.25, 0.3) is 0 Å². The van der Waals surface area contributed by atoms with Crippen molar-refractivity contribution in [2.24, 2.45) is 5.73 Å². The van der Waals surface area contributed by atoms with E-state index in [1.54, 1.807) is 23.8 Å². The number of nitrogens with zero attached hydrogens (tertiary/aromatic N) is 1. The van der Waals surface area contributed by atoms with Gasteiger partial charge >= 0.3 is 0 Å². The van der Waals surface area contributed by atoms with Crippen LogP contribution in [0, 0.1) is 0 Å². The normalized spacial score (nSPS) is 10.1. The summed E-state index contributed by atoms with van der Waals surface area (Å²) in [6.07, 6.45) is 3.12. The van der Waals surface area contributed by atoms with Crippen molar-refractivity contribution in [3.63, 3.8) is 0 Å². The van der Waals surface area contributed by atoms with E-state index in [-0.39, 0.29) is 5.91 Å². The van der Waals surface area contributed by atoms with Crippen LogP contribution >= 0.6 is 24.0 Å². The number of rotatable bonds is 9. The number of methoxy groups -OCH3 is 1. The van der Waals surface area contributed by atoms with Gasteiger partial charge in [-0.1, -0.05) is 12.2 Å². The lowest BCUT2D eigenvalue weighted by Crippen LogP contribution is -2.36. The standard InChI is InChI=1S/C10H20N2O2S2/c1-14-7-6-12(5-3-9(11)15)10(13)4-8-16-2/h3-8H2,1-2H3,(H2,11,15). The van der Waals surface area contributed by atoms with E-state index in [9.17, 15) is 4.79 Å². The Morgan fingerprint density at radius 3 is 2.62 bits per heavy atom. The molecule has 6 heteroatoms. The summed E-state index contributed by atoms with van der Waals surface area (Å²) in [5.74, 6) is 0.984. The average molecular weight is 264 g/mol. The number of hydrogen-bond donors (Lipinski definition) is 1. The van der Waals surface area contributed by atoms with E-state index < -0.39 is 0 Å². The predicted octanol–water partition coefficient (Wildman–Crippen LogP) is 0.891.